The molecule has 0 aliphatic rings. The first-order valence-corrected chi connectivity index (χ1v) is 4.21. The van der Waals surface area contributed by atoms with Gasteiger partial charge < -0.3 is 16.4 Å². The molecule has 0 unspecified atom stereocenters. The van der Waals surface area contributed by atoms with Gasteiger partial charge in [-0.05, 0) is 0 Å². The SMILES string of the molecule is N#Cc1cnc(NCCNC(N)=O)cn1. The van der Waals surface area contributed by atoms with E-state index in [2.05, 4.69) is 20.6 Å². The Morgan fingerprint density at radius 2 is 2.27 bits per heavy atom. The van der Waals surface area contributed by atoms with E-state index >= 15 is 0 Å². The lowest BCUT2D eigenvalue weighted by Crippen LogP contribution is -2.33. The third kappa shape index (κ3) is 3.91. The highest BCUT2D eigenvalue weighted by molar-refractivity contribution is 5.71. The topological polar surface area (TPSA) is 117 Å². The summed E-state index contributed by atoms with van der Waals surface area (Å²) >= 11 is 0. The molecule has 0 spiro atoms. The number of nitrogens with zero attached hydrogens (tertiary/aromatic N) is 3. The molecular weight excluding hydrogens is 196 g/mol. The Hall–Kier alpha value is -2.36. The molecule has 4 N–H and O–H groups in total. The lowest BCUT2D eigenvalue weighted by atomic mass is 10.5. The minimum Gasteiger partial charge on any atom is -0.367 e. The van der Waals surface area contributed by atoms with Crippen LogP contribution in [-0.2, 0) is 0 Å². The Bertz CT molecular complexity index is 368. The van der Waals surface area contributed by atoms with Gasteiger partial charge in [0.25, 0.3) is 0 Å². The van der Waals surface area contributed by atoms with Gasteiger partial charge >= 0.3 is 6.03 Å². The van der Waals surface area contributed by atoms with Crippen molar-refractivity contribution in [2.24, 2.45) is 5.73 Å². The minimum absolute atomic E-state index is 0.260. The fraction of sp³-hybridized carbons (Fsp3) is 0.250. The average molecular weight is 206 g/mol. The molecule has 0 bridgehead atoms. The lowest BCUT2D eigenvalue weighted by Gasteiger charge is -2.04. The Kier molecular flexibility index (Phi) is 3.85. The summed E-state index contributed by atoms with van der Waals surface area (Å²) in [5.41, 5.74) is 5.13. The van der Waals surface area contributed by atoms with Crippen LogP contribution >= 0.6 is 0 Å². The van der Waals surface area contributed by atoms with E-state index in [4.69, 9.17) is 11.0 Å². The molecule has 0 saturated heterocycles. The predicted octanol–water partition coefficient (Wildman–Crippen LogP) is -0.572. The number of aromatic nitrogens is 2. The van der Waals surface area contributed by atoms with Crippen LogP contribution in [0.2, 0.25) is 0 Å². The zero-order chi connectivity index (χ0) is 11.1. The summed E-state index contributed by atoms with van der Waals surface area (Å²) in [7, 11) is 0. The van der Waals surface area contributed by atoms with Crippen LogP contribution in [0.5, 0.6) is 0 Å². The molecule has 1 rings (SSSR count). The second-order valence-electron chi connectivity index (χ2n) is 2.62. The third-order valence-corrected chi connectivity index (χ3v) is 1.50. The fourth-order valence-electron chi connectivity index (χ4n) is 0.853. The molecular formula is C8H10N6O. The molecule has 0 aliphatic heterocycles. The maximum Gasteiger partial charge on any atom is 0.312 e. The standard InChI is InChI=1S/C8H10N6O/c9-3-6-4-14-7(5-13-6)11-1-2-12-8(10)15/h4-5H,1-2H2,(H,11,14)(H3,10,12,15). The second-order valence-corrected chi connectivity index (χ2v) is 2.62. The van der Waals surface area contributed by atoms with Crippen LogP contribution in [0.4, 0.5) is 10.6 Å². The number of urea groups is 1. The number of nitriles is 1. The molecule has 2 amide bonds. The number of nitrogens with one attached hydrogen (secondary N) is 2. The number of hydrogen-bond acceptors (Lipinski definition) is 5. The molecule has 0 saturated carbocycles. The number of nitrogens with two attached hydrogens (primary N) is 1. The van der Waals surface area contributed by atoms with Crippen LogP contribution in [0, 0.1) is 11.3 Å². The van der Waals surface area contributed by atoms with E-state index in [1.807, 2.05) is 6.07 Å². The summed E-state index contributed by atoms with van der Waals surface area (Å²) < 4.78 is 0. The highest BCUT2D eigenvalue weighted by Crippen LogP contribution is 1.98. The predicted molar refractivity (Wildman–Crippen MR) is 52.8 cm³/mol. The summed E-state index contributed by atoms with van der Waals surface area (Å²) in [5, 5.41) is 13.8. The number of carbonyl (C=O) groups is 1. The number of hydrogen-bond donors (Lipinski definition) is 3. The van der Waals surface area contributed by atoms with Gasteiger partial charge in [0.15, 0.2) is 5.69 Å². The number of anilines is 1. The van der Waals surface area contributed by atoms with Gasteiger partial charge in [0.2, 0.25) is 0 Å². The van der Waals surface area contributed by atoms with Gasteiger partial charge in [-0.3, -0.25) is 0 Å². The highest BCUT2D eigenvalue weighted by Gasteiger charge is 1.95. The molecule has 78 valence electrons. The van der Waals surface area contributed by atoms with Gasteiger partial charge in [-0.2, -0.15) is 5.26 Å². The molecule has 1 aromatic heterocycles. The first-order valence-electron chi connectivity index (χ1n) is 4.21. The summed E-state index contributed by atoms with van der Waals surface area (Å²) in [4.78, 5) is 18.1. The molecule has 0 radical (unpaired) electrons. The summed E-state index contributed by atoms with van der Waals surface area (Å²) in [6.07, 6.45) is 2.81. The molecule has 15 heavy (non-hydrogen) atoms. The zero-order valence-electron chi connectivity index (χ0n) is 7.90. The van der Waals surface area contributed by atoms with Gasteiger partial charge in [0, 0.05) is 13.1 Å². The maximum absolute atomic E-state index is 10.3. The van der Waals surface area contributed by atoms with Crippen molar-refractivity contribution in [2.75, 3.05) is 18.4 Å². The van der Waals surface area contributed by atoms with E-state index in [1.165, 1.54) is 12.4 Å². The fourth-order valence-corrected chi connectivity index (χ4v) is 0.853. The van der Waals surface area contributed by atoms with Crippen molar-refractivity contribution in [1.29, 1.82) is 5.26 Å². The van der Waals surface area contributed by atoms with Crippen LogP contribution in [0.15, 0.2) is 12.4 Å². The first kappa shape index (κ1) is 10.7. The van der Waals surface area contributed by atoms with Crippen LogP contribution in [0.25, 0.3) is 0 Å². The Morgan fingerprint density at radius 1 is 1.47 bits per heavy atom. The van der Waals surface area contributed by atoms with Crippen molar-refractivity contribution in [3.63, 3.8) is 0 Å². The molecule has 0 aromatic carbocycles. The van der Waals surface area contributed by atoms with Crippen molar-refractivity contribution in [1.82, 2.24) is 15.3 Å². The molecule has 0 atom stereocenters. The number of carbonyl (C=O) groups excluding carboxylic acids is 1. The normalized spacial score (nSPS) is 9.00. The quantitative estimate of drug-likeness (QED) is 0.570. The van der Waals surface area contributed by atoms with E-state index in [9.17, 15) is 4.79 Å². The van der Waals surface area contributed by atoms with Crippen molar-refractivity contribution in [3.8, 4) is 6.07 Å². The Labute approximate surface area is 86.3 Å². The van der Waals surface area contributed by atoms with E-state index in [0.717, 1.165) is 0 Å². The largest absolute Gasteiger partial charge is 0.367 e. The van der Waals surface area contributed by atoms with Crippen molar-refractivity contribution < 1.29 is 4.79 Å². The summed E-state index contributed by atoms with van der Waals surface area (Å²) in [5.74, 6) is 0.542. The molecule has 1 aromatic rings. The number of amides is 2. The maximum atomic E-state index is 10.3. The van der Waals surface area contributed by atoms with Gasteiger partial charge in [-0.1, -0.05) is 0 Å². The smallest absolute Gasteiger partial charge is 0.312 e. The molecule has 0 aliphatic carbocycles. The first-order chi connectivity index (χ1) is 7.22. The average Bonchev–Trinajstić information content (AvgIpc) is 2.25. The number of primary amides is 1. The van der Waals surface area contributed by atoms with Crippen molar-refractivity contribution in [3.05, 3.63) is 18.1 Å². The van der Waals surface area contributed by atoms with Crippen LogP contribution in [-0.4, -0.2) is 29.1 Å². The van der Waals surface area contributed by atoms with E-state index in [-0.39, 0.29) is 5.69 Å². The lowest BCUT2D eigenvalue weighted by molar-refractivity contribution is 0.249. The van der Waals surface area contributed by atoms with Gasteiger partial charge in [0.1, 0.15) is 11.9 Å². The minimum atomic E-state index is -0.567. The number of rotatable bonds is 4. The van der Waals surface area contributed by atoms with Gasteiger partial charge in [0.05, 0.1) is 12.4 Å². The highest BCUT2D eigenvalue weighted by atomic mass is 16.2. The van der Waals surface area contributed by atoms with Crippen molar-refractivity contribution >= 4 is 11.8 Å². The van der Waals surface area contributed by atoms with Gasteiger partial charge in [-0.25, -0.2) is 14.8 Å². The van der Waals surface area contributed by atoms with E-state index < -0.39 is 6.03 Å². The Morgan fingerprint density at radius 3 is 2.80 bits per heavy atom. The van der Waals surface area contributed by atoms with E-state index in [0.29, 0.717) is 18.9 Å². The van der Waals surface area contributed by atoms with Crippen molar-refractivity contribution in [2.45, 2.75) is 0 Å². The second kappa shape index (κ2) is 5.39. The monoisotopic (exact) mass is 206 g/mol. The van der Waals surface area contributed by atoms with E-state index in [1.54, 1.807) is 0 Å². The summed E-state index contributed by atoms with van der Waals surface area (Å²) in [6.45, 7) is 0.889. The Balaban J connectivity index is 2.32. The molecule has 7 heteroatoms. The molecule has 0 fully saturated rings. The summed E-state index contributed by atoms with van der Waals surface area (Å²) in [6, 6.07) is 1.29. The zero-order valence-corrected chi connectivity index (χ0v) is 7.90. The molecule has 1 heterocycles. The van der Waals surface area contributed by atoms with Crippen LogP contribution < -0.4 is 16.4 Å². The van der Waals surface area contributed by atoms with Crippen LogP contribution in [0.1, 0.15) is 5.69 Å². The molecule has 7 nitrogen and oxygen atoms in total. The van der Waals surface area contributed by atoms with Gasteiger partial charge in [-0.15, -0.1) is 0 Å². The van der Waals surface area contributed by atoms with Crippen LogP contribution in [0.3, 0.4) is 0 Å². The third-order valence-electron chi connectivity index (χ3n) is 1.50.